The van der Waals surface area contributed by atoms with Crippen LogP contribution in [0.2, 0.25) is 0 Å². The fourth-order valence-corrected chi connectivity index (χ4v) is 3.06. The van der Waals surface area contributed by atoms with Crippen LogP contribution in [-0.2, 0) is 14.3 Å². The van der Waals surface area contributed by atoms with Crippen LogP contribution >= 0.6 is 0 Å². The molecule has 1 aromatic rings. The van der Waals surface area contributed by atoms with Crippen LogP contribution in [-0.4, -0.2) is 97.8 Å². The predicted octanol–water partition coefficient (Wildman–Crippen LogP) is 0.492. The Hall–Kier alpha value is -2.10. The van der Waals surface area contributed by atoms with Gasteiger partial charge in [-0.05, 0) is 26.3 Å². The maximum Gasteiger partial charge on any atom is 0.274 e. The summed E-state index contributed by atoms with van der Waals surface area (Å²) in [5.74, 6) is -0.264. The molecular weight excluding hydrogens is 374 g/mol. The highest BCUT2D eigenvalue weighted by molar-refractivity contribution is 5.92. The summed E-state index contributed by atoms with van der Waals surface area (Å²) in [6, 6.07) is 0. The third kappa shape index (κ3) is 8.84. The van der Waals surface area contributed by atoms with E-state index in [9.17, 15) is 9.59 Å². The molecule has 1 aromatic heterocycles. The lowest BCUT2D eigenvalue weighted by Crippen LogP contribution is -2.39. The van der Waals surface area contributed by atoms with Crippen LogP contribution in [0.5, 0.6) is 0 Å². The molecule has 1 N–H and O–H groups in total. The number of hydrogen-bond acceptors (Lipinski definition) is 7. The first-order chi connectivity index (χ1) is 14.1. The van der Waals surface area contributed by atoms with Crippen LogP contribution in [0.25, 0.3) is 0 Å². The van der Waals surface area contributed by atoms with E-state index < -0.39 is 0 Å². The summed E-state index contributed by atoms with van der Waals surface area (Å²) in [5, 5.41) is 2.94. The normalized spacial score (nSPS) is 14.6. The van der Waals surface area contributed by atoms with Gasteiger partial charge in [0.15, 0.2) is 0 Å². The van der Waals surface area contributed by atoms with E-state index in [1.54, 1.807) is 18.2 Å². The van der Waals surface area contributed by atoms with Crippen molar-refractivity contribution in [3.63, 3.8) is 0 Å². The highest BCUT2D eigenvalue weighted by Gasteiger charge is 2.18. The zero-order valence-electron chi connectivity index (χ0n) is 17.6. The number of ether oxygens (including phenoxy) is 2. The number of hydrogen-bond donors (Lipinski definition) is 1. The molecular formula is C20H33N5O4. The number of carbonyl (C=O) groups excluding carboxylic acids is 2. The number of aryl methyl sites for hydroxylation is 1. The van der Waals surface area contributed by atoms with Crippen LogP contribution < -0.4 is 5.32 Å². The van der Waals surface area contributed by atoms with Crippen molar-refractivity contribution in [3.8, 4) is 0 Å². The Morgan fingerprint density at radius 1 is 1.21 bits per heavy atom. The van der Waals surface area contributed by atoms with Gasteiger partial charge in [-0.25, -0.2) is 4.98 Å². The number of aromatic nitrogens is 2. The summed E-state index contributed by atoms with van der Waals surface area (Å²) in [6.45, 7) is 8.28. The zero-order chi connectivity index (χ0) is 20.9. The summed E-state index contributed by atoms with van der Waals surface area (Å²) in [4.78, 5) is 37.2. The van der Waals surface area contributed by atoms with E-state index in [1.807, 2.05) is 6.92 Å². The lowest BCUT2D eigenvalue weighted by atomic mass is 10.2. The van der Waals surface area contributed by atoms with E-state index in [2.05, 4.69) is 20.2 Å². The fraction of sp³-hybridized carbons (Fsp3) is 0.700. The average molecular weight is 408 g/mol. The van der Waals surface area contributed by atoms with Crippen LogP contribution in [0.3, 0.4) is 0 Å². The second-order valence-corrected chi connectivity index (χ2v) is 7.09. The first-order valence-electron chi connectivity index (χ1n) is 10.2. The van der Waals surface area contributed by atoms with Gasteiger partial charge in [0.25, 0.3) is 5.91 Å². The Balaban J connectivity index is 1.74. The van der Waals surface area contributed by atoms with E-state index >= 15 is 0 Å². The molecule has 162 valence electrons. The second kappa shape index (κ2) is 13.2. The molecule has 1 aliphatic rings. The SMILES string of the molecule is COCCCN(CCC(=O)NCCCN1CCOCC1)C(=O)c1cnc(C)cn1. The predicted molar refractivity (Wildman–Crippen MR) is 109 cm³/mol. The number of methoxy groups -OCH3 is 1. The van der Waals surface area contributed by atoms with E-state index in [1.165, 1.54) is 6.20 Å². The third-order valence-electron chi connectivity index (χ3n) is 4.75. The molecule has 0 radical (unpaired) electrons. The van der Waals surface area contributed by atoms with Crippen LogP contribution in [0.15, 0.2) is 12.4 Å². The molecule has 0 bridgehead atoms. The molecule has 0 spiro atoms. The van der Waals surface area contributed by atoms with Crippen molar-refractivity contribution < 1.29 is 19.1 Å². The average Bonchev–Trinajstić information content (AvgIpc) is 2.74. The van der Waals surface area contributed by atoms with Gasteiger partial charge in [0.2, 0.25) is 5.91 Å². The maximum absolute atomic E-state index is 12.7. The number of rotatable bonds is 12. The van der Waals surface area contributed by atoms with Gasteiger partial charge in [-0.1, -0.05) is 0 Å². The molecule has 2 amide bonds. The minimum Gasteiger partial charge on any atom is -0.385 e. The topological polar surface area (TPSA) is 96.9 Å². The van der Waals surface area contributed by atoms with Gasteiger partial charge < -0.3 is 19.7 Å². The smallest absolute Gasteiger partial charge is 0.274 e. The number of carbonyl (C=O) groups is 2. The molecule has 1 saturated heterocycles. The molecule has 9 heteroatoms. The number of nitrogens with one attached hydrogen (secondary N) is 1. The van der Waals surface area contributed by atoms with Gasteiger partial charge in [0, 0.05) is 59.1 Å². The Morgan fingerprint density at radius 3 is 2.69 bits per heavy atom. The molecule has 0 unspecified atom stereocenters. The van der Waals surface area contributed by atoms with Crippen LogP contribution in [0.1, 0.15) is 35.4 Å². The minimum absolute atomic E-state index is 0.0495. The lowest BCUT2D eigenvalue weighted by Gasteiger charge is -2.26. The summed E-state index contributed by atoms with van der Waals surface area (Å²) < 4.78 is 10.4. The van der Waals surface area contributed by atoms with Crippen molar-refractivity contribution in [1.29, 1.82) is 0 Å². The standard InChI is InChI=1S/C20H33N5O4/c1-17-15-23-18(16-22-17)20(27)25(8-4-12-28-2)9-5-19(26)21-6-3-7-24-10-13-29-14-11-24/h15-16H,3-14H2,1-2H3,(H,21,26). The fourth-order valence-electron chi connectivity index (χ4n) is 3.06. The molecule has 9 nitrogen and oxygen atoms in total. The zero-order valence-corrected chi connectivity index (χ0v) is 17.6. The van der Waals surface area contributed by atoms with Gasteiger partial charge in [0.1, 0.15) is 5.69 Å². The van der Waals surface area contributed by atoms with Crippen molar-refractivity contribution in [2.45, 2.75) is 26.2 Å². The molecule has 0 aliphatic carbocycles. The summed E-state index contributed by atoms with van der Waals surface area (Å²) in [7, 11) is 1.63. The van der Waals surface area contributed by atoms with Crippen molar-refractivity contribution >= 4 is 11.8 Å². The largest absolute Gasteiger partial charge is 0.385 e. The van der Waals surface area contributed by atoms with Gasteiger partial charge in [-0.15, -0.1) is 0 Å². The molecule has 1 aliphatic heterocycles. The summed E-state index contributed by atoms with van der Waals surface area (Å²) >= 11 is 0. The van der Waals surface area contributed by atoms with Crippen molar-refractivity contribution in [2.24, 2.45) is 0 Å². The van der Waals surface area contributed by atoms with E-state index in [-0.39, 0.29) is 18.2 Å². The quantitative estimate of drug-likeness (QED) is 0.504. The molecule has 0 atom stereocenters. The van der Waals surface area contributed by atoms with E-state index in [4.69, 9.17) is 9.47 Å². The van der Waals surface area contributed by atoms with Crippen LogP contribution in [0, 0.1) is 6.92 Å². The third-order valence-corrected chi connectivity index (χ3v) is 4.75. The van der Waals surface area contributed by atoms with Crippen molar-refractivity contribution in [1.82, 2.24) is 25.1 Å². The maximum atomic E-state index is 12.7. The first kappa shape index (κ1) is 23.2. The Labute approximate surface area is 172 Å². The lowest BCUT2D eigenvalue weighted by molar-refractivity contribution is -0.121. The van der Waals surface area contributed by atoms with Gasteiger partial charge in [0.05, 0.1) is 25.1 Å². The molecule has 0 saturated carbocycles. The Bertz CT molecular complexity index is 620. The molecule has 2 heterocycles. The molecule has 1 fully saturated rings. The minimum atomic E-state index is -0.214. The van der Waals surface area contributed by atoms with Crippen molar-refractivity contribution in [3.05, 3.63) is 23.8 Å². The summed E-state index contributed by atoms with van der Waals surface area (Å²) in [5.41, 5.74) is 1.04. The summed E-state index contributed by atoms with van der Waals surface area (Å²) in [6.07, 6.45) is 4.91. The van der Waals surface area contributed by atoms with Crippen molar-refractivity contribution in [2.75, 3.05) is 66.2 Å². The number of morpholine rings is 1. The highest BCUT2D eigenvalue weighted by Crippen LogP contribution is 2.04. The second-order valence-electron chi connectivity index (χ2n) is 7.09. The Kier molecular flexibility index (Phi) is 10.5. The van der Waals surface area contributed by atoms with Crippen LogP contribution in [0.4, 0.5) is 0 Å². The van der Waals surface area contributed by atoms with E-state index in [0.717, 1.165) is 45.0 Å². The van der Waals surface area contributed by atoms with E-state index in [0.29, 0.717) is 38.4 Å². The Morgan fingerprint density at radius 2 is 2.00 bits per heavy atom. The monoisotopic (exact) mass is 407 g/mol. The van der Waals surface area contributed by atoms with Gasteiger partial charge in [-0.2, -0.15) is 0 Å². The number of nitrogens with zero attached hydrogens (tertiary/aromatic N) is 4. The number of amides is 2. The molecule has 0 aromatic carbocycles. The highest BCUT2D eigenvalue weighted by atomic mass is 16.5. The molecule has 29 heavy (non-hydrogen) atoms. The molecule has 2 rings (SSSR count). The first-order valence-corrected chi connectivity index (χ1v) is 10.2. The van der Waals surface area contributed by atoms with Gasteiger partial charge in [-0.3, -0.25) is 19.5 Å². The van der Waals surface area contributed by atoms with Gasteiger partial charge >= 0.3 is 0 Å².